The largest absolute Gasteiger partial charge is 0.242 e. The maximum atomic E-state index is 12.6. The Bertz CT molecular complexity index is 766. The van der Waals surface area contributed by atoms with E-state index in [2.05, 4.69) is 9.71 Å². The van der Waals surface area contributed by atoms with Crippen molar-refractivity contribution in [3.8, 4) is 9.88 Å². The average molecular weight is 359 g/mol. The quantitative estimate of drug-likeness (QED) is 0.868. The second-order valence-electron chi connectivity index (χ2n) is 6.03. The zero-order valence-electron chi connectivity index (χ0n) is 13.8. The minimum atomic E-state index is -3.51. The monoisotopic (exact) mass is 358 g/mol. The standard InChI is InChI=1S/C15H22N2O2S3/c1-7-15(5,6)17-22(18,19)13-8-12(20-11(13)4)14-16-9(2)10(3)21-14/h8,17H,7H2,1-6H3. The molecule has 2 heterocycles. The van der Waals surface area contributed by atoms with Crippen LogP contribution in [0.15, 0.2) is 11.0 Å². The predicted molar refractivity (Wildman–Crippen MR) is 94.3 cm³/mol. The number of nitrogens with zero attached hydrogens (tertiary/aromatic N) is 1. The van der Waals surface area contributed by atoms with E-state index in [1.165, 1.54) is 11.3 Å². The zero-order valence-corrected chi connectivity index (χ0v) is 16.2. The number of hydrogen-bond donors (Lipinski definition) is 1. The molecule has 0 amide bonds. The van der Waals surface area contributed by atoms with Crippen LogP contribution < -0.4 is 4.72 Å². The summed E-state index contributed by atoms with van der Waals surface area (Å²) in [5.74, 6) is 0. The van der Waals surface area contributed by atoms with Crippen molar-refractivity contribution in [2.75, 3.05) is 0 Å². The maximum absolute atomic E-state index is 12.6. The fourth-order valence-electron chi connectivity index (χ4n) is 1.91. The van der Waals surface area contributed by atoms with Crippen molar-refractivity contribution in [3.05, 3.63) is 21.5 Å². The van der Waals surface area contributed by atoms with Crippen LogP contribution in [0.4, 0.5) is 0 Å². The fraction of sp³-hybridized carbons (Fsp3) is 0.533. The Balaban J connectivity index is 2.42. The lowest BCUT2D eigenvalue weighted by Crippen LogP contribution is -2.42. The summed E-state index contributed by atoms with van der Waals surface area (Å²) in [6.45, 7) is 11.6. The van der Waals surface area contributed by atoms with Crippen LogP contribution in [0.25, 0.3) is 9.88 Å². The summed E-state index contributed by atoms with van der Waals surface area (Å²) < 4.78 is 28.0. The Morgan fingerprint density at radius 2 is 1.82 bits per heavy atom. The second-order valence-corrected chi connectivity index (χ2v) is 10.1. The van der Waals surface area contributed by atoms with Crippen molar-refractivity contribution in [1.29, 1.82) is 0 Å². The van der Waals surface area contributed by atoms with Gasteiger partial charge in [0, 0.05) is 15.3 Å². The molecule has 122 valence electrons. The summed E-state index contributed by atoms with van der Waals surface area (Å²) in [6, 6.07) is 1.74. The highest BCUT2D eigenvalue weighted by molar-refractivity contribution is 7.89. The lowest BCUT2D eigenvalue weighted by Gasteiger charge is -2.23. The van der Waals surface area contributed by atoms with Gasteiger partial charge < -0.3 is 0 Å². The van der Waals surface area contributed by atoms with Crippen molar-refractivity contribution in [2.45, 2.75) is 58.4 Å². The van der Waals surface area contributed by atoms with E-state index >= 15 is 0 Å². The van der Waals surface area contributed by atoms with Crippen LogP contribution in [0.2, 0.25) is 0 Å². The molecule has 2 rings (SSSR count). The van der Waals surface area contributed by atoms with Gasteiger partial charge in [0.25, 0.3) is 0 Å². The Kier molecular flexibility index (Phi) is 4.82. The molecular weight excluding hydrogens is 336 g/mol. The van der Waals surface area contributed by atoms with E-state index in [-0.39, 0.29) is 0 Å². The lowest BCUT2D eigenvalue weighted by atomic mass is 10.0. The molecule has 0 aromatic carbocycles. The normalized spacial score (nSPS) is 12.8. The lowest BCUT2D eigenvalue weighted by molar-refractivity contribution is 0.439. The van der Waals surface area contributed by atoms with Gasteiger partial charge in [0.15, 0.2) is 0 Å². The van der Waals surface area contributed by atoms with Gasteiger partial charge in [-0.25, -0.2) is 18.1 Å². The van der Waals surface area contributed by atoms with E-state index in [1.54, 1.807) is 17.4 Å². The van der Waals surface area contributed by atoms with Crippen LogP contribution >= 0.6 is 22.7 Å². The van der Waals surface area contributed by atoms with Crippen LogP contribution in [-0.2, 0) is 10.0 Å². The van der Waals surface area contributed by atoms with Gasteiger partial charge in [-0.2, -0.15) is 0 Å². The van der Waals surface area contributed by atoms with Crippen LogP contribution in [0.3, 0.4) is 0 Å². The average Bonchev–Trinajstić information content (AvgIpc) is 2.93. The molecule has 0 aliphatic rings. The number of thiazole rings is 1. The highest BCUT2D eigenvalue weighted by atomic mass is 32.2. The molecule has 0 radical (unpaired) electrons. The Labute approximate surface area is 140 Å². The number of hydrogen-bond acceptors (Lipinski definition) is 5. The molecular formula is C15H22N2O2S3. The summed E-state index contributed by atoms with van der Waals surface area (Å²) in [7, 11) is -3.51. The van der Waals surface area contributed by atoms with Gasteiger partial charge in [-0.3, -0.25) is 0 Å². The summed E-state index contributed by atoms with van der Waals surface area (Å²) >= 11 is 3.08. The Morgan fingerprint density at radius 3 is 2.32 bits per heavy atom. The van der Waals surface area contributed by atoms with E-state index in [0.717, 1.165) is 31.8 Å². The van der Waals surface area contributed by atoms with Crippen LogP contribution in [0.1, 0.15) is 42.6 Å². The number of nitrogens with one attached hydrogen (secondary N) is 1. The van der Waals surface area contributed by atoms with E-state index in [0.29, 0.717) is 4.90 Å². The molecule has 0 spiro atoms. The van der Waals surface area contributed by atoms with Gasteiger partial charge in [-0.05, 0) is 47.1 Å². The van der Waals surface area contributed by atoms with Crippen molar-refractivity contribution in [1.82, 2.24) is 9.71 Å². The van der Waals surface area contributed by atoms with Crippen LogP contribution in [-0.4, -0.2) is 18.9 Å². The van der Waals surface area contributed by atoms with Gasteiger partial charge in [-0.15, -0.1) is 22.7 Å². The first-order valence-corrected chi connectivity index (χ1v) is 10.3. The van der Waals surface area contributed by atoms with Crippen molar-refractivity contribution >= 4 is 32.7 Å². The molecule has 0 bridgehead atoms. The molecule has 22 heavy (non-hydrogen) atoms. The summed E-state index contributed by atoms with van der Waals surface area (Å²) in [4.78, 5) is 7.75. The fourth-order valence-corrected chi connectivity index (χ4v) is 5.94. The molecule has 0 unspecified atom stereocenters. The zero-order chi connectivity index (χ0) is 16.7. The van der Waals surface area contributed by atoms with Gasteiger partial charge in [0.1, 0.15) is 5.01 Å². The molecule has 0 saturated heterocycles. The third-order valence-electron chi connectivity index (χ3n) is 3.70. The first-order valence-electron chi connectivity index (χ1n) is 7.14. The molecule has 0 fully saturated rings. The van der Waals surface area contributed by atoms with Crippen LogP contribution in [0.5, 0.6) is 0 Å². The molecule has 1 N–H and O–H groups in total. The molecule has 0 saturated carbocycles. The highest BCUT2D eigenvalue weighted by Gasteiger charge is 2.27. The number of thiophene rings is 1. The highest BCUT2D eigenvalue weighted by Crippen LogP contribution is 2.36. The SMILES string of the molecule is CCC(C)(C)NS(=O)(=O)c1cc(-c2nc(C)c(C)s2)sc1C. The summed E-state index contributed by atoms with van der Waals surface area (Å²) in [5.41, 5.74) is 0.544. The van der Waals surface area contributed by atoms with E-state index in [1.807, 2.05) is 41.5 Å². The van der Waals surface area contributed by atoms with Gasteiger partial charge in [0.05, 0.1) is 15.5 Å². The molecule has 0 aliphatic heterocycles. The molecule has 0 aliphatic carbocycles. The minimum absolute atomic E-state index is 0.361. The predicted octanol–water partition coefficient (Wildman–Crippen LogP) is 4.26. The summed E-state index contributed by atoms with van der Waals surface area (Å²) in [5, 5.41) is 0.888. The maximum Gasteiger partial charge on any atom is 0.242 e. The number of sulfonamides is 1. The molecule has 2 aromatic heterocycles. The van der Waals surface area contributed by atoms with E-state index < -0.39 is 15.6 Å². The van der Waals surface area contributed by atoms with Crippen LogP contribution in [0, 0.1) is 20.8 Å². The first-order chi connectivity index (χ1) is 10.1. The third kappa shape index (κ3) is 3.59. The molecule has 7 heteroatoms. The van der Waals surface area contributed by atoms with Gasteiger partial charge in [0.2, 0.25) is 10.0 Å². The Morgan fingerprint density at radius 1 is 1.18 bits per heavy atom. The van der Waals surface area contributed by atoms with E-state index in [9.17, 15) is 8.42 Å². The third-order valence-corrected chi connectivity index (χ3v) is 7.94. The molecule has 0 atom stereocenters. The summed E-state index contributed by atoms with van der Waals surface area (Å²) in [6.07, 6.45) is 0.729. The Hall–Kier alpha value is -0.760. The molecule has 4 nitrogen and oxygen atoms in total. The topological polar surface area (TPSA) is 59.1 Å². The van der Waals surface area contributed by atoms with Crippen molar-refractivity contribution < 1.29 is 8.42 Å². The molecule has 2 aromatic rings. The van der Waals surface area contributed by atoms with E-state index in [4.69, 9.17) is 0 Å². The van der Waals surface area contributed by atoms with Crippen molar-refractivity contribution in [3.63, 3.8) is 0 Å². The smallest absolute Gasteiger partial charge is 0.240 e. The number of aryl methyl sites for hydroxylation is 3. The number of aromatic nitrogens is 1. The van der Waals surface area contributed by atoms with Gasteiger partial charge >= 0.3 is 0 Å². The minimum Gasteiger partial charge on any atom is -0.240 e. The second kappa shape index (κ2) is 6.03. The number of rotatable bonds is 5. The van der Waals surface area contributed by atoms with Gasteiger partial charge in [-0.1, -0.05) is 6.92 Å². The first kappa shape index (κ1) is 17.6. The van der Waals surface area contributed by atoms with Crippen molar-refractivity contribution in [2.24, 2.45) is 0 Å².